The summed E-state index contributed by atoms with van der Waals surface area (Å²) < 4.78 is 0. The van der Waals surface area contributed by atoms with Crippen molar-refractivity contribution in [3.8, 4) is 22.9 Å². The van der Waals surface area contributed by atoms with E-state index in [-0.39, 0.29) is 24.2 Å². The Kier molecular flexibility index (Phi) is 8.29. The second kappa shape index (κ2) is 11.7. The van der Waals surface area contributed by atoms with Crippen LogP contribution in [0.1, 0.15) is 46.8 Å². The summed E-state index contributed by atoms with van der Waals surface area (Å²) in [4.78, 5) is 68.6. The maximum Gasteiger partial charge on any atom is 0.235 e. The molecule has 0 heterocycles. The van der Waals surface area contributed by atoms with Gasteiger partial charge >= 0.3 is 0 Å². The van der Waals surface area contributed by atoms with Crippen LogP contribution in [0.15, 0.2) is 30.3 Å². The van der Waals surface area contributed by atoms with E-state index < -0.39 is 64.4 Å². The highest BCUT2D eigenvalue weighted by molar-refractivity contribution is 6.32. The number of aromatic hydroxyl groups is 1. The van der Waals surface area contributed by atoms with Crippen LogP contribution in [-0.4, -0.2) is 76.4 Å². The van der Waals surface area contributed by atoms with E-state index in [9.17, 15) is 34.2 Å². The molecule has 0 aromatic heterocycles. The van der Waals surface area contributed by atoms with Gasteiger partial charge in [-0.3, -0.25) is 28.9 Å². The van der Waals surface area contributed by atoms with Gasteiger partial charge in [0, 0.05) is 25.4 Å². The minimum atomic E-state index is -2.76. The Balaban J connectivity index is 1.61. The maximum absolute atomic E-state index is 14.1. The minimum absolute atomic E-state index is 0.0114. The number of phenols is 1. The summed E-state index contributed by atoms with van der Waals surface area (Å²) in [6.07, 6.45) is 1.24. The van der Waals surface area contributed by atoms with E-state index in [1.54, 1.807) is 20.2 Å². The first-order valence-electron chi connectivity index (χ1n) is 14.8. The molecule has 5 N–H and O–H groups in total. The molecule has 2 fully saturated rings. The number of hydrogen-bond donors (Lipinski definition) is 4. The molecule has 230 valence electrons. The average Bonchev–Trinajstić information content (AvgIpc) is 2.97. The lowest BCUT2D eigenvalue weighted by molar-refractivity contribution is -0.181. The lowest BCUT2D eigenvalue weighted by atomic mass is 9.52. The quantitative estimate of drug-likeness (QED) is 0.252. The standard InChI is InChI=1S/C33H36N4O7/c1-4-17-7-6-16(15-36-11-5-10-34)12-20(17)19-8-9-23(38)25-21(19)13-18-14-22-27(37(2)3)29(40)26(32(35)43)31(42)33(22,44)30(41)24(18)28(25)39/h6-9,12,18,22,24,26-27,36,38,44H,4-5,11,13-15H2,1-3H3,(H2,35,43). The van der Waals surface area contributed by atoms with Gasteiger partial charge in [0.1, 0.15) is 5.75 Å². The number of benzene rings is 2. The van der Waals surface area contributed by atoms with Gasteiger partial charge in [0.25, 0.3) is 0 Å². The number of carbonyl (C=O) groups excluding carboxylic acids is 5. The van der Waals surface area contributed by atoms with Crippen LogP contribution in [0.3, 0.4) is 0 Å². The Hall–Kier alpha value is -4.24. The number of aliphatic hydroxyl groups is 1. The van der Waals surface area contributed by atoms with Gasteiger partial charge in [-0.25, -0.2) is 0 Å². The van der Waals surface area contributed by atoms with Gasteiger partial charge in [0.05, 0.1) is 23.6 Å². The van der Waals surface area contributed by atoms with E-state index in [1.165, 1.54) is 11.0 Å². The largest absolute Gasteiger partial charge is 0.507 e. The molecule has 6 atom stereocenters. The van der Waals surface area contributed by atoms with Gasteiger partial charge in [0.15, 0.2) is 34.7 Å². The summed E-state index contributed by atoms with van der Waals surface area (Å²) in [6, 6.07) is 10.1. The number of carbonyl (C=O) groups is 5. The number of Topliss-reactive ketones (excluding diaryl/α,β-unsaturated/α-hetero) is 4. The van der Waals surface area contributed by atoms with Crippen LogP contribution >= 0.6 is 0 Å². The monoisotopic (exact) mass is 600 g/mol. The number of fused-ring (bicyclic) bond motifs is 3. The zero-order valence-electron chi connectivity index (χ0n) is 24.9. The number of primary amides is 1. The van der Waals surface area contributed by atoms with E-state index in [2.05, 4.69) is 11.4 Å². The molecule has 3 aliphatic carbocycles. The molecule has 6 unspecified atom stereocenters. The van der Waals surface area contributed by atoms with Crippen molar-refractivity contribution in [2.45, 2.75) is 50.8 Å². The molecular formula is C33H36N4O7. The van der Waals surface area contributed by atoms with Crippen LogP contribution in [0.4, 0.5) is 0 Å². The number of rotatable bonds is 8. The van der Waals surface area contributed by atoms with Gasteiger partial charge < -0.3 is 21.3 Å². The second-order valence-electron chi connectivity index (χ2n) is 12.2. The van der Waals surface area contributed by atoms with Crippen molar-refractivity contribution in [1.82, 2.24) is 10.2 Å². The predicted molar refractivity (Wildman–Crippen MR) is 158 cm³/mol. The lowest BCUT2D eigenvalue weighted by Gasteiger charge is -2.52. The molecule has 3 aliphatic rings. The number of likely N-dealkylation sites (N-methyl/N-ethyl adjacent to an activating group) is 1. The Bertz CT molecular complexity index is 1630. The van der Waals surface area contributed by atoms with Gasteiger partial charge in [-0.05, 0) is 79.2 Å². The van der Waals surface area contributed by atoms with Gasteiger partial charge in [0.2, 0.25) is 5.91 Å². The number of aryl methyl sites for hydroxylation is 1. The van der Waals surface area contributed by atoms with Crippen LogP contribution in [0.5, 0.6) is 5.75 Å². The first kappa shape index (κ1) is 31.2. The van der Waals surface area contributed by atoms with E-state index >= 15 is 0 Å². The van der Waals surface area contributed by atoms with Crippen LogP contribution < -0.4 is 11.1 Å². The van der Waals surface area contributed by atoms with Crippen LogP contribution in [0.25, 0.3) is 11.1 Å². The van der Waals surface area contributed by atoms with E-state index in [0.29, 0.717) is 31.5 Å². The number of phenolic OH excluding ortho intramolecular Hbond substituents is 1. The molecule has 2 aromatic carbocycles. The first-order valence-corrected chi connectivity index (χ1v) is 14.8. The highest BCUT2D eigenvalue weighted by Crippen LogP contribution is 2.52. The van der Waals surface area contributed by atoms with Gasteiger partial charge in [-0.2, -0.15) is 5.26 Å². The summed E-state index contributed by atoms with van der Waals surface area (Å²) in [5, 5.41) is 34.8. The molecule has 0 radical (unpaired) electrons. The average molecular weight is 601 g/mol. The van der Waals surface area contributed by atoms with E-state index in [1.807, 2.05) is 25.1 Å². The molecule has 2 aromatic rings. The molecule has 0 aliphatic heterocycles. The Morgan fingerprint density at radius 1 is 1.14 bits per heavy atom. The lowest BCUT2D eigenvalue weighted by Crippen LogP contribution is -2.74. The molecule has 2 saturated carbocycles. The van der Waals surface area contributed by atoms with E-state index in [4.69, 9.17) is 11.0 Å². The molecule has 44 heavy (non-hydrogen) atoms. The summed E-state index contributed by atoms with van der Waals surface area (Å²) >= 11 is 0. The third-order valence-corrected chi connectivity index (χ3v) is 9.53. The van der Waals surface area contributed by atoms with Crippen molar-refractivity contribution >= 4 is 29.0 Å². The summed E-state index contributed by atoms with van der Waals surface area (Å²) in [5.74, 6) is -10.7. The molecule has 0 bridgehead atoms. The zero-order chi connectivity index (χ0) is 32.1. The second-order valence-corrected chi connectivity index (χ2v) is 12.2. The smallest absolute Gasteiger partial charge is 0.235 e. The molecule has 0 spiro atoms. The molecule has 0 saturated heterocycles. The van der Waals surface area contributed by atoms with E-state index in [0.717, 1.165) is 22.3 Å². The fourth-order valence-corrected chi connectivity index (χ4v) is 7.53. The normalized spacial score (nSPS) is 27.9. The van der Waals surface area contributed by atoms with Gasteiger partial charge in [-0.15, -0.1) is 0 Å². The molecular weight excluding hydrogens is 564 g/mol. The predicted octanol–water partition coefficient (Wildman–Crippen LogP) is 1.10. The van der Waals surface area contributed by atoms with Crippen LogP contribution in [0.2, 0.25) is 0 Å². The fourth-order valence-electron chi connectivity index (χ4n) is 7.53. The number of amides is 1. The van der Waals surface area contributed by atoms with Crippen LogP contribution in [-0.2, 0) is 38.6 Å². The van der Waals surface area contributed by atoms with Crippen molar-refractivity contribution in [1.29, 1.82) is 5.26 Å². The van der Waals surface area contributed by atoms with Crippen molar-refractivity contribution in [3.05, 3.63) is 52.6 Å². The molecule has 5 rings (SSSR count). The molecule has 1 amide bonds. The SMILES string of the molecule is CCc1ccc(CNCCC#N)cc1-c1ccc(O)c2c1CC1CC3C(N(C)C)C(=O)C(C(N)=O)C(=O)C3(O)C(=O)C1C2=O. The third-order valence-electron chi connectivity index (χ3n) is 9.53. The highest BCUT2D eigenvalue weighted by atomic mass is 16.3. The number of hydrogen-bond acceptors (Lipinski definition) is 10. The topological polar surface area (TPSA) is 191 Å². The minimum Gasteiger partial charge on any atom is -0.507 e. The van der Waals surface area contributed by atoms with Gasteiger partial charge in [-0.1, -0.05) is 25.1 Å². The summed E-state index contributed by atoms with van der Waals surface area (Å²) in [6.45, 7) is 3.07. The number of nitrogens with zero attached hydrogens (tertiary/aromatic N) is 2. The number of nitrogens with two attached hydrogens (primary N) is 1. The first-order chi connectivity index (χ1) is 20.9. The number of nitrogens with one attached hydrogen (secondary N) is 1. The van der Waals surface area contributed by atoms with Crippen molar-refractivity contribution < 1.29 is 34.2 Å². The zero-order valence-corrected chi connectivity index (χ0v) is 24.9. The van der Waals surface area contributed by atoms with Crippen molar-refractivity contribution in [2.24, 2.45) is 29.4 Å². The molecule has 11 heteroatoms. The fraction of sp³-hybridized carbons (Fsp3) is 0.455. The maximum atomic E-state index is 14.1. The third kappa shape index (κ3) is 4.74. The van der Waals surface area contributed by atoms with Crippen LogP contribution in [0, 0.1) is 35.0 Å². The summed E-state index contributed by atoms with van der Waals surface area (Å²) in [7, 11) is 3.11. The number of ketones is 4. The Morgan fingerprint density at radius 2 is 1.86 bits per heavy atom. The summed E-state index contributed by atoms with van der Waals surface area (Å²) in [5.41, 5.74) is 6.72. The van der Waals surface area contributed by atoms with Crippen molar-refractivity contribution in [3.63, 3.8) is 0 Å². The Morgan fingerprint density at radius 3 is 2.50 bits per heavy atom. The molecule has 11 nitrogen and oxygen atoms in total. The highest BCUT2D eigenvalue weighted by Gasteiger charge is 2.69. The Labute approximate surface area is 255 Å². The van der Waals surface area contributed by atoms with Crippen molar-refractivity contribution in [2.75, 3.05) is 20.6 Å². The number of nitriles is 1.